The standard InChI is InChI=1S/C11H10F4N2O/c12-5-4-6(13)8(15)9(7(5)14)17-10(18)11(16)2-1-3-11/h4H,1-3,16H2,(H,17,18). The van der Waals surface area contributed by atoms with E-state index in [1.807, 2.05) is 5.32 Å². The number of nitrogens with two attached hydrogens (primary N) is 1. The number of nitrogens with one attached hydrogen (secondary N) is 1. The molecule has 1 saturated carbocycles. The van der Waals surface area contributed by atoms with Crippen LogP contribution in [-0.2, 0) is 4.79 Å². The molecule has 98 valence electrons. The van der Waals surface area contributed by atoms with Gasteiger partial charge >= 0.3 is 0 Å². The smallest absolute Gasteiger partial charge is 0.244 e. The minimum absolute atomic E-state index is 0.0713. The predicted molar refractivity (Wildman–Crippen MR) is 55.7 cm³/mol. The van der Waals surface area contributed by atoms with E-state index >= 15 is 0 Å². The molecule has 18 heavy (non-hydrogen) atoms. The summed E-state index contributed by atoms with van der Waals surface area (Å²) in [5, 5.41) is 1.81. The molecule has 7 heteroatoms. The van der Waals surface area contributed by atoms with E-state index < -0.39 is 40.4 Å². The van der Waals surface area contributed by atoms with Gasteiger partial charge in [-0.3, -0.25) is 4.79 Å². The molecule has 0 spiro atoms. The Morgan fingerprint density at radius 2 is 1.67 bits per heavy atom. The third-order valence-corrected chi connectivity index (χ3v) is 3.05. The molecule has 0 atom stereocenters. The third kappa shape index (κ3) is 1.94. The van der Waals surface area contributed by atoms with Crippen LogP contribution in [0.2, 0.25) is 0 Å². The highest BCUT2D eigenvalue weighted by Crippen LogP contribution is 2.32. The lowest BCUT2D eigenvalue weighted by molar-refractivity contribution is -0.123. The lowest BCUT2D eigenvalue weighted by Crippen LogP contribution is -2.56. The number of anilines is 1. The van der Waals surface area contributed by atoms with Crippen LogP contribution < -0.4 is 11.1 Å². The highest BCUT2D eigenvalue weighted by atomic mass is 19.2. The molecule has 3 N–H and O–H groups in total. The van der Waals surface area contributed by atoms with Gasteiger partial charge in [-0.1, -0.05) is 0 Å². The summed E-state index contributed by atoms with van der Waals surface area (Å²) < 4.78 is 52.3. The van der Waals surface area contributed by atoms with Crippen LogP contribution in [0.1, 0.15) is 19.3 Å². The number of benzene rings is 1. The van der Waals surface area contributed by atoms with Gasteiger partial charge in [-0.15, -0.1) is 0 Å². The Bertz CT molecular complexity index is 488. The van der Waals surface area contributed by atoms with Gasteiger partial charge in [-0.2, -0.15) is 0 Å². The molecule has 0 heterocycles. The van der Waals surface area contributed by atoms with Crippen molar-refractivity contribution in [2.24, 2.45) is 5.73 Å². The van der Waals surface area contributed by atoms with Crippen molar-refractivity contribution in [3.8, 4) is 0 Å². The highest BCUT2D eigenvalue weighted by Gasteiger charge is 2.41. The summed E-state index contributed by atoms with van der Waals surface area (Å²) >= 11 is 0. The van der Waals surface area contributed by atoms with E-state index in [4.69, 9.17) is 5.73 Å². The van der Waals surface area contributed by atoms with E-state index in [0.717, 1.165) is 0 Å². The minimum Gasteiger partial charge on any atom is -0.319 e. The number of halogens is 4. The van der Waals surface area contributed by atoms with E-state index in [2.05, 4.69) is 0 Å². The molecule has 1 aliphatic rings. The molecule has 0 aromatic heterocycles. The summed E-state index contributed by atoms with van der Waals surface area (Å²) in [6.45, 7) is 0. The van der Waals surface area contributed by atoms with Crippen molar-refractivity contribution in [1.29, 1.82) is 0 Å². The first kappa shape index (κ1) is 12.8. The van der Waals surface area contributed by atoms with Gasteiger partial charge in [-0.25, -0.2) is 17.6 Å². The van der Waals surface area contributed by atoms with Gasteiger partial charge in [0, 0.05) is 6.07 Å². The Balaban J connectivity index is 2.31. The highest BCUT2D eigenvalue weighted by molar-refractivity contribution is 5.98. The van der Waals surface area contributed by atoms with Crippen LogP contribution in [0.5, 0.6) is 0 Å². The molecular weight excluding hydrogens is 252 g/mol. The summed E-state index contributed by atoms with van der Waals surface area (Å²) in [6, 6.07) is 0.0713. The van der Waals surface area contributed by atoms with E-state index in [1.54, 1.807) is 0 Å². The topological polar surface area (TPSA) is 55.1 Å². The van der Waals surface area contributed by atoms with Gasteiger partial charge in [0.2, 0.25) is 5.91 Å². The molecule has 1 fully saturated rings. The van der Waals surface area contributed by atoms with Gasteiger partial charge in [0.25, 0.3) is 0 Å². The van der Waals surface area contributed by atoms with Crippen molar-refractivity contribution in [3.63, 3.8) is 0 Å². The van der Waals surface area contributed by atoms with Gasteiger partial charge in [-0.05, 0) is 19.3 Å². The van der Waals surface area contributed by atoms with Crippen LogP contribution in [0.25, 0.3) is 0 Å². The SMILES string of the molecule is NC1(C(=O)Nc2c(F)c(F)cc(F)c2F)CCC1. The Morgan fingerprint density at radius 1 is 1.17 bits per heavy atom. The maximum Gasteiger partial charge on any atom is 0.244 e. The van der Waals surface area contributed by atoms with Crippen molar-refractivity contribution in [2.45, 2.75) is 24.8 Å². The van der Waals surface area contributed by atoms with Crippen molar-refractivity contribution in [2.75, 3.05) is 5.32 Å². The Morgan fingerprint density at radius 3 is 2.06 bits per heavy atom. The molecule has 0 unspecified atom stereocenters. The van der Waals surface area contributed by atoms with Crippen molar-refractivity contribution < 1.29 is 22.4 Å². The van der Waals surface area contributed by atoms with E-state index in [1.165, 1.54) is 0 Å². The fourth-order valence-corrected chi connectivity index (χ4v) is 1.71. The summed E-state index contributed by atoms with van der Waals surface area (Å²) in [7, 11) is 0. The van der Waals surface area contributed by atoms with Crippen molar-refractivity contribution in [3.05, 3.63) is 29.3 Å². The van der Waals surface area contributed by atoms with Crippen molar-refractivity contribution in [1.82, 2.24) is 0 Å². The number of hydrogen-bond donors (Lipinski definition) is 2. The van der Waals surface area contributed by atoms with E-state index in [-0.39, 0.29) is 6.07 Å². The van der Waals surface area contributed by atoms with Gasteiger partial charge in [0.15, 0.2) is 23.3 Å². The van der Waals surface area contributed by atoms with Crippen molar-refractivity contribution >= 4 is 11.6 Å². The second-order valence-electron chi connectivity index (χ2n) is 4.31. The largest absolute Gasteiger partial charge is 0.319 e. The molecule has 0 radical (unpaired) electrons. The van der Waals surface area contributed by atoms with E-state index in [0.29, 0.717) is 19.3 Å². The minimum atomic E-state index is -1.65. The van der Waals surface area contributed by atoms with Crippen LogP contribution in [-0.4, -0.2) is 11.4 Å². The summed E-state index contributed by atoms with van der Waals surface area (Å²) in [6.07, 6.45) is 1.44. The predicted octanol–water partition coefficient (Wildman–Crippen LogP) is 2.06. The molecule has 0 saturated heterocycles. The Kier molecular flexibility index (Phi) is 3.02. The first-order valence-electron chi connectivity index (χ1n) is 5.28. The molecule has 0 bridgehead atoms. The zero-order valence-corrected chi connectivity index (χ0v) is 9.20. The zero-order chi connectivity index (χ0) is 13.5. The van der Waals surface area contributed by atoms with Gasteiger partial charge in [0.1, 0.15) is 5.69 Å². The molecule has 0 aliphatic heterocycles. The number of rotatable bonds is 2. The Labute approximate surface area is 100.0 Å². The van der Waals surface area contributed by atoms with Crippen LogP contribution in [0, 0.1) is 23.3 Å². The molecule has 1 aromatic rings. The normalized spacial score (nSPS) is 17.2. The van der Waals surface area contributed by atoms with Crippen LogP contribution in [0.15, 0.2) is 6.07 Å². The number of amides is 1. The lowest BCUT2D eigenvalue weighted by Gasteiger charge is -2.36. The summed E-state index contributed by atoms with van der Waals surface area (Å²) in [4.78, 5) is 11.6. The molecule has 3 nitrogen and oxygen atoms in total. The second kappa shape index (κ2) is 4.24. The third-order valence-electron chi connectivity index (χ3n) is 3.05. The first-order chi connectivity index (χ1) is 8.35. The average molecular weight is 262 g/mol. The fraction of sp³-hybridized carbons (Fsp3) is 0.364. The number of carbonyl (C=O) groups is 1. The molecule has 2 rings (SSSR count). The summed E-state index contributed by atoms with van der Waals surface area (Å²) in [5.74, 6) is -7.31. The molecular formula is C11H10F4N2O. The van der Waals surface area contributed by atoms with Gasteiger partial charge < -0.3 is 11.1 Å². The molecule has 1 amide bonds. The van der Waals surface area contributed by atoms with Gasteiger partial charge in [0.05, 0.1) is 5.54 Å². The maximum atomic E-state index is 13.3. The molecule has 1 aromatic carbocycles. The van der Waals surface area contributed by atoms with Crippen LogP contribution in [0.3, 0.4) is 0 Å². The Hall–Kier alpha value is -1.63. The maximum absolute atomic E-state index is 13.3. The van der Waals surface area contributed by atoms with Crippen LogP contribution in [0.4, 0.5) is 23.2 Å². The quantitative estimate of drug-likeness (QED) is 0.633. The average Bonchev–Trinajstić information content (AvgIpc) is 2.28. The molecule has 1 aliphatic carbocycles. The van der Waals surface area contributed by atoms with Crippen LogP contribution >= 0.6 is 0 Å². The van der Waals surface area contributed by atoms with E-state index in [9.17, 15) is 22.4 Å². The lowest BCUT2D eigenvalue weighted by atomic mass is 9.77. The second-order valence-corrected chi connectivity index (χ2v) is 4.31. The summed E-state index contributed by atoms with van der Waals surface area (Å²) in [5.41, 5.74) is 3.26. The fourth-order valence-electron chi connectivity index (χ4n) is 1.71. The zero-order valence-electron chi connectivity index (χ0n) is 9.20. The monoisotopic (exact) mass is 262 g/mol. The number of carbonyl (C=O) groups excluding carboxylic acids is 1. The first-order valence-corrected chi connectivity index (χ1v) is 5.28. The number of hydrogen-bond acceptors (Lipinski definition) is 2.